The lowest BCUT2D eigenvalue weighted by Crippen LogP contribution is -2.16. The molecule has 0 atom stereocenters. The molecule has 0 fully saturated rings. The van der Waals surface area contributed by atoms with Crippen LogP contribution in [-0.2, 0) is 19.6 Å². The van der Waals surface area contributed by atoms with Crippen molar-refractivity contribution in [2.24, 2.45) is 0 Å². The van der Waals surface area contributed by atoms with Crippen LogP contribution < -0.4 is 10.1 Å². The third-order valence-electron chi connectivity index (χ3n) is 4.17. The molecule has 3 aromatic rings. The maximum absolute atomic E-state index is 13.1. The van der Waals surface area contributed by atoms with Gasteiger partial charge in [0.05, 0.1) is 5.02 Å². The number of ether oxygens (including phenoxy) is 1. The summed E-state index contributed by atoms with van der Waals surface area (Å²) in [6.45, 7) is 1.98. The summed E-state index contributed by atoms with van der Waals surface area (Å²) in [5.41, 5.74) is 3.19. The fraction of sp³-hybridized carbons (Fsp3) is 0.182. The lowest BCUT2D eigenvalue weighted by molar-refractivity contribution is 0.306. The average Bonchev–Trinajstić information content (AvgIpc) is 2.67. The Bertz CT molecular complexity index is 866. The van der Waals surface area contributed by atoms with Crippen LogP contribution in [0.15, 0.2) is 66.7 Å². The van der Waals surface area contributed by atoms with E-state index < -0.39 is 0 Å². The smallest absolute Gasteiger partial charge is 0.124 e. The summed E-state index contributed by atoms with van der Waals surface area (Å²) in [5.74, 6) is 0.400. The predicted octanol–water partition coefficient (Wildman–Crippen LogP) is 6.04. The van der Waals surface area contributed by atoms with Crippen LogP contribution in [0.4, 0.5) is 4.39 Å². The molecule has 0 amide bonds. The van der Waals surface area contributed by atoms with E-state index in [0.717, 1.165) is 35.8 Å². The maximum Gasteiger partial charge on any atom is 0.124 e. The SMILES string of the molecule is Fc1ccc(COc2ccc(CNCCc3ccc(Cl)cc3)cc2)c(Cl)c1. The molecule has 0 aliphatic heterocycles. The maximum atomic E-state index is 13.1. The average molecular weight is 404 g/mol. The van der Waals surface area contributed by atoms with E-state index in [4.69, 9.17) is 27.9 Å². The summed E-state index contributed by atoms with van der Waals surface area (Å²) in [6.07, 6.45) is 0.955. The number of nitrogens with one attached hydrogen (secondary N) is 1. The molecule has 3 rings (SSSR count). The Kier molecular flexibility index (Phi) is 7.11. The highest BCUT2D eigenvalue weighted by molar-refractivity contribution is 6.31. The van der Waals surface area contributed by atoms with Gasteiger partial charge in [-0.1, -0.05) is 53.5 Å². The Hall–Kier alpha value is -2.07. The van der Waals surface area contributed by atoms with Crippen LogP contribution in [0.5, 0.6) is 5.75 Å². The van der Waals surface area contributed by atoms with E-state index in [1.54, 1.807) is 6.07 Å². The van der Waals surface area contributed by atoms with Crippen LogP contribution in [0, 0.1) is 5.82 Å². The summed E-state index contributed by atoms with van der Waals surface area (Å²) < 4.78 is 18.8. The predicted molar refractivity (Wildman–Crippen MR) is 109 cm³/mol. The molecule has 0 bridgehead atoms. The molecule has 2 nitrogen and oxygen atoms in total. The van der Waals surface area contributed by atoms with Gasteiger partial charge < -0.3 is 10.1 Å². The highest BCUT2D eigenvalue weighted by Gasteiger charge is 2.03. The Morgan fingerprint density at radius 3 is 2.26 bits per heavy atom. The van der Waals surface area contributed by atoms with Crippen LogP contribution >= 0.6 is 23.2 Å². The van der Waals surface area contributed by atoms with E-state index in [2.05, 4.69) is 5.32 Å². The van der Waals surface area contributed by atoms with Crippen LogP contribution in [0.3, 0.4) is 0 Å². The lowest BCUT2D eigenvalue weighted by atomic mass is 10.1. The van der Waals surface area contributed by atoms with Gasteiger partial charge in [-0.3, -0.25) is 0 Å². The van der Waals surface area contributed by atoms with Crippen molar-refractivity contribution >= 4 is 23.2 Å². The summed E-state index contributed by atoms with van der Waals surface area (Å²) in [4.78, 5) is 0. The summed E-state index contributed by atoms with van der Waals surface area (Å²) in [6, 6.07) is 20.1. The van der Waals surface area contributed by atoms with Crippen LogP contribution in [0.1, 0.15) is 16.7 Å². The number of halogens is 3. The van der Waals surface area contributed by atoms with Crippen LogP contribution in [0.2, 0.25) is 10.0 Å². The van der Waals surface area contributed by atoms with Crippen molar-refractivity contribution in [2.45, 2.75) is 19.6 Å². The molecule has 0 heterocycles. The molecule has 1 N–H and O–H groups in total. The zero-order valence-electron chi connectivity index (χ0n) is 14.7. The van der Waals surface area contributed by atoms with Gasteiger partial charge in [-0.2, -0.15) is 0 Å². The lowest BCUT2D eigenvalue weighted by Gasteiger charge is -2.09. The van der Waals surface area contributed by atoms with Gasteiger partial charge in [0, 0.05) is 17.1 Å². The molecule has 0 aromatic heterocycles. The molecule has 0 aliphatic rings. The third-order valence-corrected chi connectivity index (χ3v) is 4.77. The highest BCUT2D eigenvalue weighted by Crippen LogP contribution is 2.20. The first-order valence-electron chi connectivity index (χ1n) is 8.71. The van der Waals surface area contributed by atoms with Gasteiger partial charge in [-0.05, 0) is 60.5 Å². The molecule has 140 valence electrons. The second kappa shape index (κ2) is 9.75. The van der Waals surface area contributed by atoms with Gasteiger partial charge in [0.25, 0.3) is 0 Å². The van der Waals surface area contributed by atoms with Gasteiger partial charge in [0.2, 0.25) is 0 Å². The minimum atomic E-state index is -0.350. The molecular formula is C22H20Cl2FNO. The van der Waals surface area contributed by atoms with Gasteiger partial charge in [0.15, 0.2) is 0 Å². The van der Waals surface area contributed by atoms with E-state index in [0.29, 0.717) is 11.6 Å². The van der Waals surface area contributed by atoms with Crippen LogP contribution in [-0.4, -0.2) is 6.54 Å². The molecular weight excluding hydrogens is 384 g/mol. The van der Waals surface area contributed by atoms with Crippen molar-refractivity contribution in [3.63, 3.8) is 0 Å². The van der Waals surface area contributed by atoms with E-state index >= 15 is 0 Å². The first kappa shape index (κ1) is 19.7. The van der Waals surface area contributed by atoms with Crippen molar-refractivity contribution in [2.75, 3.05) is 6.54 Å². The number of hydrogen-bond donors (Lipinski definition) is 1. The molecule has 0 radical (unpaired) electrons. The van der Waals surface area contributed by atoms with Gasteiger partial charge >= 0.3 is 0 Å². The molecule has 0 saturated heterocycles. The van der Waals surface area contributed by atoms with Crippen LogP contribution in [0.25, 0.3) is 0 Å². The molecule has 27 heavy (non-hydrogen) atoms. The summed E-state index contributed by atoms with van der Waals surface area (Å²) >= 11 is 11.9. The molecule has 0 saturated carbocycles. The van der Waals surface area contributed by atoms with Crippen molar-refractivity contribution in [1.82, 2.24) is 5.32 Å². The van der Waals surface area contributed by atoms with Gasteiger partial charge in [-0.15, -0.1) is 0 Å². The van der Waals surface area contributed by atoms with Crippen molar-refractivity contribution in [3.8, 4) is 5.75 Å². The molecule has 0 aliphatic carbocycles. The fourth-order valence-electron chi connectivity index (χ4n) is 2.62. The Labute approximate surface area is 168 Å². The summed E-state index contributed by atoms with van der Waals surface area (Å²) in [5, 5.41) is 4.56. The fourth-order valence-corrected chi connectivity index (χ4v) is 2.97. The zero-order valence-corrected chi connectivity index (χ0v) is 16.2. The van der Waals surface area contributed by atoms with E-state index in [1.807, 2.05) is 48.5 Å². The molecule has 0 spiro atoms. The molecule has 3 aromatic carbocycles. The minimum absolute atomic E-state index is 0.303. The van der Waals surface area contributed by atoms with Gasteiger partial charge in [0.1, 0.15) is 18.2 Å². The molecule has 5 heteroatoms. The zero-order chi connectivity index (χ0) is 19.1. The Morgan fingerprint density at radius 2 is 1.56 bits per heavy atom. The Morgan fingerprint density at radius 1 is 0.852 bits per heavy atom. The van der Waals surface area contributed by atoms with E-state index in [-0.39, 0.29) is 5.82 Å². The Balaban J connectivity index is 1.42. The standard InChI is InChI=1S/C22H20Cl2FNO/c23-19-6-1-16(2-7-19)11-12-26-14-17-3-9-21(10-4-17)27-15-18-5-8-20(25)13-22(18)24/h1-10,13,26H,11-12,14-15H2. The molecule has 0 unspecified atom stereocenters. The highest BCUT2D eigenvalue weighted by atomic mass is 35.5. The quantitative estimate of drug-likeness (QED) is 0.462. The van der Waals surface area contributed by atoms with Gasteiger partial charge in [-0.25, -0.2) is 4.39 Å². The van der Waals surface area contributed by atoms with E-state index in [9.17, 15) is 4.39 Å². The first-order chi connectivity index (χ1) is 13.1. The van der Waals surface area contributed by atoms with Crippen molar-refractivity contribution in [1.29, 1.82) is 0 Å². The van der Waals surface area contributed by atoms with E-state index in [1.165, 1.54) is 23.3 Å². The minimum Gasteiger partial charge on any atom is -0.489 e. The largest absolute Gasteiger partial charge is 0.489 e. The van der Waals surface area contributed by atoms with Crippen molar-refractivity contribution < 1.29 is 9.13 Å². The third kappa shape index (κ3) is 6.24. The number of hydrogen-bond acceptors (Lipinski definition) is 2. The number of benzene rings is 3. The summed E-state index contributed by atoms with van der Waals surface area (Å²) in [7, 11) is 0. The second-order valence-electron chi connectivity index (χ2n) is 6.22. The normalized spacial score (nSPS) is 10.8. The number of rotatable bonds is 8. The second-order valence-corrected chi connectivity index (χ2v) is 7.07. The monoisotopic (exact) mass is 403 g/mol. The van der Waals surface area contributed by atoms with Crippen molar-refractivity contribution in [3.05, 3.63) is 99.3 Å². The first-order valence-corrected chi connectivity index (χ1v) is 9.46. The topological polar surface area (TPSA) is 21.3 Å².